The summed E-state index contributed by atoms with van der Waals surface area (Å²) in [6.45, 7) is 9.25. The number of nitrogens with zero attached hydrogens (tertiary/aromatic N) is 5. The maximum atomic E-state index is 12.7. The van der Waals surface area contributed by atoms with Gasteiger partial charge in [0.15, 0.2) is 0 Å². The fourth-order valence-corrected chi connectivity index (χ4v) is 3.60. The average molecular weight is 359 g/mol. The number of aryl methyl sites for hydroxylation is 1. The molecule has 6 nitrogen and oxygen atoms in total. The van der Waals surface area contributed by atoms with Crippen molar-refractivity contribution in [2.75, 3.05) is 12.3 Å². The Balaban J connectivity index is 1.71. The normalized spacial score (nSPS) is 14.1. The molecule has 134 valence electrons. The van der Waals surface area contributed by atoms with Gasteiger partial charge in [-0.25, -0.2) is 0 Å². The molecular weight excluding hydrogens is 334 g/mol. The average Bonchev–Trinajstić information content (AvgIpc) is 3.31. The molecule has 1 amide bonds. The van der Waals surface area contributed by atoms with E-state index in [1.54, 1.807) is 4.68 Å². The van der Waals surface area contributed by atoms with Crippen molar-refractivity contribution in [3.63, 3.8) is 0 Å². The lowest BCUT2D eigenvalue weighted by molar-refractivity contribution is -0.129. The first-order valence-electron chi connectivity index (χ1n) is 8.74. The van der Waals surface area contributed by atoms with E-state index < -0.39 is 0 Å². The van der Waals surface area contributed by atoms with Gasteiger partial charge in [-0.3, -0.25) is 4.79 Å². The molecule has 25 heavy (non-hydrogen) atoms. The number of rotatable bonds is 7. The highest BCUT2D eigenvalue weighted by molar-refractivity contribution is 7.99. The van der Waals surface area contributed by atoms with Crippen molar-refractivity contribution in [2.45, 2.75) is 51.7 Å². The Kier molecular flexibility index (Phi) is 5.42. The first kappa shape index (κ1) is 17.9. The molecule has 1 fully saturated rings. The largest absolute Gasteiger partial charge is 0.339 e. The van der Waals surface area contributed by atoms with Gasteiger partial charge in [-0.1, -0.05) is 37.7 Å². The van der Waals surface area contributed by atoms with Gasteiger partial charge in [-0.05, 0) is 60.2 Å². The molecule has 0 spiro atoms. The van der Waals surface area contributed by atoms with Crippen LogP contribution >= 0.6 is 11.8 Å². The fraction of sp³-hybridized carbons (Fsp3) is 0.556. The summed E-state index contributed by atoms with van der Waals surface area (Å²) in [6.07, 6.45) is 2.26. The van der Waals surface area contributed by atoms with Gasteiger partial charge in [-0.2, -0.15) is 4.68 Å². The van der Waals surface area contributed by atoms with Crippen molar-refractivity contribution >= 4 is 17.7 Å². The van der Waals surface area contributed by atoms with E-state index >= 15 is 0 Å². The molecular formula is C18H25N5OS. The Morgan fingerprint density at radius 2 is 2.12 bits per heavy atom. The van der Waals surface area contributed by atoms with Gasteiger partial charge >= 0.3 is 0 Å². The molecule has 1 aromatic carbocycles. The molecule has 1 aliphatic carbocycles. The zero-order valence-corrected chi connectivity index (χ0v) is 16.1. The number of amides is 1. The van der Waals surface area contributed by atoms with Crippen molar-refractivity contribution in [3.05, 3.63) is 29.3 Å². The lowest BCUT2D eigenvalue weighted by Gasteiger charge is -2.24. The lowest BCUT2D eigenvalue weighted by Crippen LogP contribution is -2.37. The van der Waals surface area contributed by atoms with E-state index in [1.165, 1.54) is 17.3 Å². The van der Waals surface area contributed by atoms with Gasteiger partial charge in [0.1, 0.15) is 0 Å². The highest BCUT2D eigenvalue weighted by atomic mass is 32.2. The van der Waals surface area contributed by atoms with Crippen LogP contribution in [0.3, 0.4) is 0 Å². The van der Waals surface area contributed by atoms with Gasteiger partial charge < -0.3 is 4.90 Å². The minimum atomic E-state index is 0.178. The monoisotopic (exact) mass is 359 g/mol. The molecule has 0 N–H and O–H groups in total. The third kappa shape index (κ3) is 4.21. The number of thioether (sulfide) groups is 1. The van der Waals surface area contributed by atoms with Gasteiger partial charge in [0, 0.05) is 12.6 Å². The molecule has 2 aromatic rings. The molecule has 0 atom stereocenters. The molecule has 0 saturated heterocycles. The number of hydrogen-bond donors (Lipinski definition) is 0. The number of carbonyl (C=O) groups is 1. The number of tetrazole rings is 1. The van der Waals surface area contributed by atoms with Crippen molar-refractivity contribution in [1.82, 2.24) is 25.1 Å². The predicted molar refractivity (Wildman–Crippen MR) is 98.9 cm³/mol. The van der Waals surface area contributed by atoms with Gasteiger partial charge in [0.05, 0.1) is 11.4 Å². The zero-order valence-electron chi connectivity index (χ0n) is 15.3. The summed E-state index contributed by atoms with van der Waals surface area (Å²) in [4.78, 5) is 14.7. The summed E-state index contributed by atoms with van der Waals surface area (Å²) in [5.74, 6) is 1.03. The van der Waals surface area contributed by atoms with Crippen LogP contribution in [0.1, 0.15) is 37.8 Å². The molecule has 0 bridgehead atoms. The van der Waals surface area contributed by atoms with Crippen LogP contribution in [0.5, 0.6) is 0 Å². The second-order valence-electron chi connectivity index (χ2n) is 7.05. The minimum Gasteiger partial charge on any atom is -0.339 e. The van der Waals surface area contributed by atoms with Gasteiger partial charge in [0.2, 0.25) is 11.1 Å². The number of hydrogen-bond acceptors (Lipinski definition) is 5. The third-order valence-corrected chi connectivity index (χ3v) is 5.34. The molecule has 3 rings (SSSR count). The summed E-state index contributed by atoms with van der Waals surface area (Å²) in [5, 5.41) is 12.7. The summed E-state index contributed by atoms with van der Waals surface area (Å²) >= 11 is 1.41. The number of carbonyl (C=O) groups excluding carboxylic acids is 1. The summed E-state index contributed by atoms with van der Waals surface area (Å²) in [7, 11) is 0. The summed E-state index contributed by atoms with van der Waals surface area (Å²) < 4.78 is 1.73. The molecule has 1 saturated carbocycles. The Bertz CT molecular complexity index is 754. The molecule has 1 aromatic heterocycles. The highest BCUT2D eigenvalue weighted by Crippen LogP contribution is 2.29. The van der Waals surface area contributed by atoms with E-state index in [-0.39, 0.29) is 5.91 Å². The Labute approximate surface area is 153 Å². The quantitative estimate of drug-likeness (QED) is 0.711. The second kappa shape index (κ2) is 7.56. The van der Waals surface area contributed by atoms with Crippen molar-refractivity contribution in [1.29, 1.82) is 0 Å². The topological polar surface area (TPSA) is 63.9 Å². The standard InChI is InChI=1S/C18H25N5OS/c1-12(2)10-22(15-8-9-15)17(24)11-25-18-19-20-21-23(18)16-7-5-6-13(3)14(16)4/h5-7,12,15H,8-11H2,1-4H3. The number of aromatic nitrogens is 4. The molecule has 1 aliphatic rings. The highest BCUT2D eigenvalue weighted by Gasteiger charge is 2.32. The Morgan fingerprint density at radius 3 is 2.80 bits per heavy atom. The minimum absolute atomic E-state index is 0.178. The fourth-order valence-electron chi connectivity index (χ4n) is 2.83. The van der Waals surface area contributed by atoms with Crippen LogP contribution in [0, 0.1) is 19.8 Å². The van der Waals surface area contributed by atoms with Crippen LogP contribution < -0.4 is 0 Å². The Morgan fingerprint density at radius 1 is 1.36 bits per heavy atom. The van der Waals surface area contributed by atoms with Crippen LogP contribution in [0.2, 0.25) is 0 Å². The molecule has 0 unspecified atom stereocenters. The molecule has 0 aliphatic heterocycles. The van der Waals surface area contributed by atoms with Gasteiger partial charge in [0.25, 0.3) is 0 Å². The molecule has 7 heteroatoms. The number of benzene rings is 1. The second-order valence-corrected chi connectivity index (χ2v) is 7.99. The van der Waals surface area contributed by atoms with Gasteiger partial charge in [-0.15, -0.1) is 5.10 Å². The lowest BCUT2D eigenvalue weighted by atomic mass is 10.1. The van der Waals surface area contributed by atoms with E-state index in [9.17, 15) is 4.79 Å². The first-order chi connectivity index (χ1) is 12.0. The van der Waals surface area contributed by atoms with Crippen LogP contribution in [0.25, 0.3) is 5.69 Å². The van der Waals surface area contributed by atoms with Crippen molar-refractivity contribution in [2.24, 2.45) is 5.92 Å². The van der Waals surface area contributed by atoms with Crippen molar-refractivity contribution < 1.29 is 4.79 Å². The van der Waals surface area contributed by atoms with Crippen LogP contribution in [0.15, 0.2) is 23.4 Å². The maximum absolute atomic E-state index is 12.7. The van der Waals surface area contributed by atoms with E-state index in [4.69, 9.17) is 0 Å². The first-order valence-corrected chi connectivity index (χ1v) is 9.73. The van der Waals surface area contributed by atoms with E-state index in [2.05, 4.69) is 49.3 Å². The SMILES string of the molecule is Cc1cccc(-n2nnnc2SCC(=O)N(CC(C)C)C2CC2)c1C. The third-order valence-electron chi connectivity index (χ3n) is 4.44. The van der Waals surface area contributed by atoms with E-state index in [0.29, 0.717) is 22.9 Å². The summed E-state index contributed by atoms with van der Waals surface area (Å²) in [6, 6.07) is 6.50. The van der Waals surface area contributed by atoms with Crippen LogP contribution in [-0.4, -0.2) is 49.4 Å². The summed E-state index contributed by atoms with van der Waals surface area (Å²) in [5.41, 5.74) is 3.29. The van der Waals surface area contributed by atoms with Crippen LogP contribution in [-0.2, 0) is 4.79 Å². The smallest absolute Gasteiger partial charge is 0.233 e. The molecule has 1 heterocycles. The van der Waals surface area contributed by atoms with E-state index in [1.807, 2.05) is 17.0 Å². The molecule has 0 radical (unpaired) electrons. The predicted octanol–water partition coefficient (Wildman–Crippen LogP) is 3.02. The van der Waals surface area contributed by atoms with Crippen LogP contribution in [0.4, 0.5) is 0 Å². The maximum Gasteiger partial charge on any atom is 0.233 e. The zero-order chi connectivity index (χ0) is 18.0. The van der Waals surface area contributed by atoms with E-state index in [0.717, 1.165) is 30.6 Å². The van der Waals surface area contributed by atoms with Crippen molar-refractivity contribution in [3.8, 4) is 5.69 Å². The Hall–Kier alpha value is -1.89.